The van der Waals surface area contributed by atoms with Gasteiger partial charge in [0.2, 0.25) is 11.8 Å². The van der Waals surface area contributed by atoms with Crippen LogP contribution in [0.5, 0.6) is 0 Å². The van der Waals surface area contributed by atoms with Crippen molar-refractivity contribution in [3.8, 4) is 0 Å². The minimum atomic E-state index is -1.68. The van der Waals surface area contributed by atoms with E-state index in [-0.39, 0.29) is 31.1 Å². The van der Waals surface area contributed by atoms with Gasteiger partial charge in [-0.2, -0.15) is 0 Å². The molecule has 0 aliphatic carbocycles. The maximum atomic E-state index is 15.0. The highest BCUT2D eigenvalue weighted by Gasteiger charge is 2.42. The maximum absolute atomic E-state index is 15.0. The molecule has 7 aromatic rings. The summed E-state index contributed by atoms with van der Waals surface area (Å²) in [5, 5.41) is 16.0. The molecule has 6 aromatic carbocycles. The molecule has 64 heavy (non-hydrogen) atoms. The van der Waals surface area contributed by atoms with Gasteiger partial charge in [0.25, 0.3) is 5.78 Å². The molecule has 0 bridgehead atoms. The summed E-state index contributed by atoms with van der Waals surface area (Å²) in [6, 6.07) is 53.0. The summed E-state index contributed by atoms with van der Waals surface area (Å²) in [6.45, 7) is -0.0361. The van der Waals surface area contributed by atoms with Crippen molar-refractivity contribution in [1.29, 1.82) is 0 Å². The number of ether oxygens (including phenoxy) is 1. The lowest BCUT2D eigenvalue weighted by atomic mass is 9.76. The molecular weight excluding hydrogens is 825 g/mol. The lowest BCUT2D eigenvalue weighted by Gasteiger charge is -2.38. The number of nitrogens with zero attached hydrogens (tertiary/aromatic N) is 2. The van der Waals surface area contributed by atoms with Crippen LogP contribution in [0.3, 0.4) is 0 Å². The van der Waals surface area contributed by atoms with E-state index >= 15 is 0 Å². The second kappa shape index (κ2) is 19.7. The largest absolute Gasteiger partial charge is 0.475 e. The van der Waals surface area contributed by atoms with Crippen LogP contribution in [0.15, 0.2) is 182 Å². The lowest BCUT2D eigenvalue weighted by Crippen LogP contribution is -2.57. The van der Waals surface area contributed by atoms with Crippen molar-refractivity contribution >= 4 is 52.3 Å². The van der Waals surface area contributed by atoms with Gasteiger partial charge in [-0.25, -0.2) is 9.59 Å². The second-order valence-electron chi connectivity index (χ2n) is 15.6. The van der Waals surface area contributed by atoms with Crippen molar-refractivity contribution < 1.29 is 33.8 Å². The van der Waals surface area contributed by atoms with Crippen molar-refractivity contribution in [2.45, 2.75) is 43.1 Å². The van der Waals surface area contributed by atoms with Crippen LogP contribution in [0.4, 0.5) is 4.79 Å². The van der Waals surface area contributed by atoms with Crippen LogP contribution in [0, 0.1) is 0 Å². The van der Waals surface area contributed by atoms with Crippen LogP contribution in [-0.4, -0.2) is 74.0 Å². The molecule has 3 N–H and O–H groups in total. The highest BCUT2D eigenvalue weighted by molar-refractivity contribution is 7.99. The summed E-state index contributed by atoms with van der Waals surface area (Å²) in [7, 11) is 0. The van der Waals surface area contributed by atoms with Gasteiger partial charge in [0.1, 0.15) is 30.3 Å². The standard InChI is InChI=1S/C52H46N4O7S/c57-47(50(60)61)43(30-36-18-6-1-7-19-36)53-48(58)46-34-64-35-55(46)49(59)44(54-51(62)63-33-37-20-8-2-9-21-37)31-38-32-56(45-29-17-16-28-42(38)45)52(39-22-10-3-11-23-39,40-24-12-4-13-25-40)41-26-14-5-15-27-41/h1-29,32,43-44,46H,30-31,33-35H2,(H,53,58)(H,54,62)(H,60,61)/t43-,44-,46-/m0/s1. The number of benzene rings is 6. The molecule has 0 unspecified atom stereocenters. The smallest absolute Gasteiger partial charge is 0.408 e. The molecule has 8 rings (SSSR count). The van der Waals surface area contributed by atoms with Crippen LogP contribution in [-0.2, 0) is 48.9 Å². The zero-order valence-electron chi connectivity index (χ0n) is 34.8. The van der Waals surface area contributed by atoms with E-state index in [0.717, 1.165) is 38.7 Å². The number of nitrogens with one attached hydrogen (secondary N) is 2. The van der Waals surface area contributed by atoms with Gasteiger partial charge in [-0.3, -0.25) is 14.4 Å². The first-order valence-corrected chi connectivity index (χ1v) is 22.1. The van der Waals surface area contributed by atoms with E-state index in [9.17, 15) is 29.1 Å². The zero-order chi connectivity index (χ0) is 44.5. The number of para-hydroxylation sites is 1. The number of aliphatic carboxylic acids is 1. The fourth-order valence-electron chi connectivity index (χ4n) is 8.53. The van der Waals surface area contributed by atoms with Crippen LogP contribution in [0.2, 0.25) is 0 Å². The van der Waals surface area contributed by atoms with E-state index in [1.54, 1.807) is 30.3 Å². The van der Waals surface area contributed by atoms with Crippen molar-refractivity contribution in [3.63, 3.8) is 0 Å². The number of aromatic nitrogens is 1. The molecule has 3 atom stereocenters. The first kappa shape index (κ1) is 43.2. The predicted octanol–water partition coefficient (Wildman–Crippen LogP) is 7.60. The van der Waals surface area contributed by atoms with Gasteiger partial charge in [-0.15, -0.1) is 11.8 Å². The number of thioether (sulfide) groups is 1. The average Bonchev–Trinajstić information content (AvgIpc) is 3.98. The highest BCUT2D eigenvalue weighted by atomic mass is 32.2. The summed E-state index contributed by atoms with van der Waals surface area (Å²) < 4.78 is 7.90. The molecule has 0 saturated carbocycles. The molecule has 1 saturated heterocycles. The Morgan fingerprint density at radius 2 is 1.16 bits per heavy atom. The Morgan fingerprint density at radius 1 is 0.641 bits per heavy atom. The normalized spacial score (nSPS) is 14.6. The zero-order valence-corrected chi connectivity index (χ0v) is 35.6. The Kier molecular flexibility index (Phi) is 13.3. The third-order valence-corrected chi connectivity index (χ3v) is 12.6. The lowest BCUT2D eigenvalue weighted by molar-refractivity contribution is -0.150. The van der Waals surface area contributed by atoms with Crippen molar-refractivity contribution in [1.82, 2.24) is 20.1 Å². The van der Waals surface area contributed by atoms with Gasteiger partial charge in [0.15, 0.2) is 0 Å². The van der Waals surface area contributed by atoms with Gasteiger partial charge in [0.05, 0.1) is 5.88 Å². The number of Topliss-reactive ketones (excluding diaryl/α,β-unsaturated/α-hetero) is 1. The van der Waals surface area contributed by atoms with Crippen LogP contribution in [0.1, 0.15) is 33.4 Å². The van der Waals surface area contributed by atoms with Gasteiger partial charge in [-0.1, -0.05) is 170 Å². The quantitative estimate of drug-likeness (QED) is 0.0665. The Balaban J connectivity index is 1.18. The topological polar surface area (TPSA) is 147 Å². The number of carboxylic acids is 1. The number of hydrogen-bond donors (Lipinski definition) is 3. The monoisotopic (exact) mass is 870 g/mol. The molecule has 0 radical (unpaired) electrons. The molecule has 1 aliphatic rings. The van der Waals surface area contributed by atoms with Crippen LogP contribution < -0.4 is 10.6 Å². The fourth-order valence-corrected chi connectivity index (χ4v) is 9.69. The predicted molar refractivity (Wildman–Crippen MR) is 246 cm³/mol. The summed E-state index contributed by atoms with van der Waals surface area (Å²) >= 11 is 1.34. The molecule has 11 nitrogen and oxygen atoms in total. The van der Waals surface area contributed by atoms with Gasteiger partial charge >= 0.3 is 12.1 Å². The number of carbonyl (C=O) groups excluding carboxylic acids is 4. The molecule has 1 aromatic heterocycles. The highest BCUT2D eigenvalue weighted by Crippen LogP contribution is 2.44. The summed E-state index contributed by atoms with van der Waals surface area (Å²) in [5.74, 6) is -3.75. The number of rotatable bonds is 16. The molecule has 1 fully saturated rings. The van der Waals surface area contributed by atoms with Gasteiger partial charge in [0, 0.05) is 35.7 Å². The average molecular weight is 871 g/mol. The molecule has 3 amide bonds. The maximum Gasteiger partial charge on any atom is 0.408 e. The Morgan fingerprint density at radius 3 is 1.72 bits per heavy atom. The number of alkyl carbamates (subject to hydrolysis) is 1. The van der Waals surface area contributed by atoms with E-state index in [1.165, 1.54) is 16.7 Å². The number of carboxylic acid groups (broad SMARTS) is 1. The second-order valence-corrected chi connectivity index (χ2v) is 16.6. The van der Waals surface area contributed by atoms with Gasteiger partial charge in [-0.05, 0) is 39.4 Å². The van der Waals surface area contributed by atoms with Crippen molar-refractivity contribution in [2.75, 3.05) is 11.6 Å². The molecule has 2 heterocycles. The number of ketones is 1. The Labute approximate surface area is 375 Å². The molecule has 1 aliphatic heterocycles. The summed E-state index contributed by atoms with van der Waals surface area (Å²) in [6.07, 6.45) is 1.19. The number of amides is 3. The third kappa shape index (κ3) is 9.18. The Hall–Kier alpha value is -7.44. The SMILES string of the molecule is O=C(N[C@@H](Cc1cn(C(c2ccccc2)(c2ccccc2)c2ccccc2)c2ccccc12)C(=O)N1CSC[C@H]1C(=O)N[C@@H](Cc1ccccc1)C(=O)C(=O)O)OCc1ccccc1. The Bertz CT molecular complexity index is 2640. The summed E-state index contributed by atoms with van der Waals surface area (Å²) in [5.41, 5.74) is 5.18. The minimum Gasteiger partial charge on any atom is -0.475 e. The van der Waals surface area contributed by atoms with Crippen LogP contribution >= 0.6 is 11.8 Å². The number of fused-ring (bicyclic) bond motifs is 1. The fraction of sp³-hybridized carbons (Fsp3) is 0.173. The van der Waals surface area contributed by atoms with Crippen molar-refractivity contribution in [2.24, 2.45) is 0 Å². The molecule has 322 valence electrons. The molecule has 12 heteroatoms. The first-order chi connectivity index (χ1) is 31.2. The third-order valence-electron chi connectivity index (χ3n) is 11.6. The van der Waals surface area contributed by atoms with E-state index in [4.69, 9.17) is 4.74 Å². The minimum absolute atomic E-state index is 0.0187. The van der Waals surface area contributed by atoms with Crippen LogP contribution in [0.25, 0.3) is 10.9 Å². The van der Waals surface area contributed by atoms with E-state index in [1.807, 2.05) is 115 Å². The van der Waals surface area contributed by atoms with Gasteiger partial charge < -0.3 is 29.9 Å². The first-order valence-electron chi connectivity index (χ1n) is 21.0. The molecule has 0 spiro atoms. The molecular formula is C52H46N4O7S. The van der Waals surface area contributed by atoms with E-state index < -0.39 is 53.3 Å². The van der Waals surface area contributed by atoms with Crippen molar-refractivity contribution in [3.05, 3.63) is 216 Å². The van der Waals surface area contributed by atoms with E-state index in [2.05, 4.69) is 51.6 Å². The number of carbonyl (C=O) groups is 5. The van der Waals surface area contributed by atoms with E-state index in [0.29, 0.717) is 5.56 Å². The summed E-state index contributed by atoms with van der Waals surface area (Å²) in [4.78, 5) is 68.9. The number of hydrogen-bond acceptors (Lipinski definition) is 7.